The molecular weight excluding hydrogens is 431 g/mol. The van der Waals surface area contributed by atoms with Gasteiger partial charge in [0.25, 0.3) is 11.7 Å². The van der Waals surface area contributed by atoms with Crippen LogP contribution in [0.3, 0.4) is 0 Å². The van der Waals surface area contributed by atoms with Crippen LogP contribution in [0.5, 0.6) is 0 Å². The summed E-state index contributed by atoms with van der Waals surface area (Å²) in [6.45, 7) is 1.80. The Bertz CT molecular complexity index is 1360. The van der Waals surface area contributed by atoms with Crippen molar-refractivity contribution in [2.24, 2.45) is 4.99 Å². The van der Waals surface area contributed by atoms with Gasteiger partial charge in [0.1, 0.15) is 11.7 Å². The lowest BCUT2D eigenvalue weighted by molar-refractivity contribution is -0.127. The lowest BCUT2D eigenvalue weighted by atomic mass is 10.1. The van der Waals surface area contributed by atoms with Crippen LogP contribution < -0.4 is 0 Å². The molecule has 34 heavy (non-hydrogen) atoms. The van der Waals surface area contributed by atoms with Crippen molar-refractivity contribution in [2.45, 2.75) is 0 Å². The third kappa shape index (κ3) is 4.20. The van der Waals surface area contributed by atoms with Crippen molar-refractivity contribution in [3.63, 3.8) is 0 Å². The van der Waals surface area contributed by atoms with Crippen LogP contribution >= 0.6 is 0 Å². The standard InChI is InChI=1S/C27H23FN4O2/c28-22-12-7-13-23-24(22)21(18-29-23)25(33)27(34)32-16-14-31(15-17-32)26(19-8-3-1-4-9-19)30-20-10-5-2-6-11-20/h1-13,18,29H,14-17H2/b30-26+. The monoisotopic (exact) mass is 454 g/mol. The first-order valence-corrected chi connectivity index (χ1v) is 11.1. The molecule has 4 aromatic rings. The maximum atomic E-state index is 14.3. The topological polar surface area (TPSA) is 68.8 Å². The number of rotatable bonds is 4. The molecule has 0 aliphatic carbocycles. The molecule has 6 nitrogen and oxygen atoms in total. The summed E-state index contributed by atoms with van der Waals surface area (Å²) in [7, 11) is 0. The molecule has 1 aromatic heterocycles. The number of para-hydroxylation sites is 1. The highest BCUT2D eigenvalue weighted by molar-refractivity contribution is 6.44. The molecule has 7 heteroatoms. The molecule has 0 unspecified atom stereocenters. The number of nitrogens with zero attached hydrogens (tertiary/aromatic N) is 3. The highest BCUT2D eigenvalue weighted by Gasteiger charge is 2.30. The highest BCUT2D eigenvalue weighted by Crippen LogP contribution is 2.23. The average molecular weight is 455 g/mol. The fourth-order valence-electron chi connectivity index (χ4n) is 4.23. The molecule has 1 aliphatic rings. The molecular formula is C27H23FN4O2. The second-order valence-electron chi connectivity index (χ2n) is 8.11. The molecule has 1 fully saturated rings. The van der Waals surface area contributed by atoms with Crippen molar-refractivity contribution in [1.29, 1.82) is 0 Å². The minimum absolute atomic E-state index is 0.0659. The zero-order valence-corrected chi connectivity index (χ0v) is 18.4. The number of amides is 1. The predicted molar refractivity (Wildman–Crippen MR) is 130 cm³/mol. The third-order valence-electron chi connectivity index (χ3n) is 5.98. The van der Waals surface area contributed by atoms with Gasteiger partial charge in [0, 0.05) is 48.8 Å². The number of aliphatic imine (C=N–C) groups is 1. The minimum atomic E-state index is -0.703. The number of aromatic amines is 1. The zero-order valence-electron chi connectivity index (χ0n) is 18.4. The van der Waals surface area contributed by atoms with E-state index in [1.165, 1.54) is 17.2 Å². The normalized spacial score (nSPS) is 14.4. The van der Waals surface area contributed by atoms with E-state index in [4.69, 9.17) is 4.99 Å². The lowest BCUT2D eigenvalue weighted by Gasteiger charge is -2.36. The molecule has 0 saturated carbocycles. The molecule has 2 heterocycles. The number of Topliss-reactive ketones (excluding diaryl/α,β-unsaturated/α-hetero) is 1. The van der Waals surface area contributed by atoms with E-state index in [1.807, 2.05) is 60.7 Å². The molecule has 1 aliphatic heterocycles. The molecule has 5 rings (SSSR count). The van der Waals surface area contributed by atoms with E-state index in [2.05, 4.69) is 9.88 Å². The van der Waals surface area contributed by atoms with E-state index in [-0.39, 0.29) is 10.9 Å². The summed E-state index contributed by atoms with van der Waals surface area (Å²) < 4.78 is 14.3. The number of ketones is 1. The first kappa shape index (κ1) is 21.6. The molecule has 0 radical (unpaired) electrons. The number of benzene rings is 3. The number of amidine groups is 1. The molecule has 0 spiro atoms. The molecule has 0 bridgehead atoms. The Balaban J connectivity index is 1.34. The predicted octanol–water partition coefficient (Wildman–Crippen LogP) is 4.41. The number of H-pyrrole nitrogens is 1. The largest absolute Gasteiger partial charge is 0.360 e. The van der Waals surface area contributed by atoms with Crippen LogP contribution in [0.2, 0.25) is 0 Å². The Kier molecular flexibility index (Phi) is 5.91. The van der Waals surface area contributed by atoms with Crippen LogP contribution in [-0.2, 0) is 4.79 Å². The zero-order chi connectivity index (χ0) is 23.5. The maximum absolute atomic E-state index is 14.3. The fraction of sp³-hybridized carbons (Fsp3) is 0.148. The summed E-state index contributed by atoms with van der Waals surface area (Å²) in [6.07, 6.45) is 1.41. The SMILES string of the molecule is O=C(C(=O)N1CCN(/C(=N/c2ccccc2)c2ccccc2)CC1)c1c[nH]c2cccc(F)c12. The molecule has 170 valence electrons. The Morgan fingerprint density at radius 1 is 0.794 bits per heavy atom. The molecule has 3 aromatic carbocycles. The number of carbonyl (C=O) groups excluding carboxylic acids is 2. The van der Waals surface area contributed by atoms with Crippen LogP contribution in [0.4, 0.5) is 10.1 Å². The first-order chi connectivity index (χ1) is 16.6. The van der Waals surface area contributed by atoms with E-state index >= 15 is 0 Å². The molecule has 0 atom stereocenters. The number of fused-ring (bicyclic) bond motifs is 1. The van der Waals surface area contributed by atoms with Crippen molar-refractivity contribution in [2.75, 3.05) is 26.2 Å². The summed E-state index contributed by atoms with van der Waals surface area (Å²) in [4.78, 5) is 37.3. The second kappa shape index (κ2) is 9.31. The second-order valence-corrected chi connectivity index (χ2v) is 8.11. The van der Waals surface area contributed by atoms with E-state index in [9.17, 15) is 14.0 Å². The fourth-order valence-corrected chi connectivity index (χ4v) is 4.23. The number of aromatic nitrogens is 1. The van der Waals surface area contributed by atoms with E-state index in [0.717, 1.165) is 17.1 Å². The van der Waals surface area contributed by atoms with Crippen LogP contribution in [-0.4, -0.2) is 58.5 Å². The van der Waals surface area contributed by atoms with Crippen LogP contribution in [0.15, 0.2) is 90.1 Å². The van der Waals surface area contributed by atoms with E-state index < -0.39 is 17.5 Å². The summed E-state index contributed by atoms with van der Waals surface area (Å²) in [6, 6.07) is 24.2. The summed E-state index contributed by atoms with van der Waals surface area (Å²) in [5.41, 5.74) is 2.38. The van der Waals surface area contributed by atoms with Gasteiger partial charge < -0.3 is 14.8 Å². The number of nitrogens with one attached hydrogen (secondary N) is 1. The number of piperazine rings is 1. The van der Waals surface area contributed by atoms with Crippen LogP contribution in [0.1, 0.15) is 15.9 Å². The third-order valence-corrected chi connectivity index (χ3v) is 5.98. The van der Waals surface area contributed by atoms with Crippen molar-refractivity contribution in [3.05, 3.63) is 102 Å². The summed E-state index contributed by atoms with van der Waals surface area (Å²) in [5.74, 6) is -1.02. The maximum Gasteiger partial charge on any atom is 0.295 e. The number of carbonyl (C=O) groups is 2. The van der Waals surface area contributed by atoms with Crippen molar-refractivity contribution in [3.8, 4) is 0 Å². The molecule has 1 amide bonds. The van der Waals surface area contributed by atoms with Gasteiger partial charge in [-0.1, -0.05) is 54.6 Å². The number of hydrogen-bond acceptors (Lipinski definition) is 3. The smallest absolute Gasteiger partial charge is 0.295 e. The Hall–Kier alpha value is -4.26. The van der Waals surface area contributed by atoms with Crippen LogP contribution in [0.25, 0.3) is 10.9 Å². The van der Waals surface area contributed by atoms with Gasteiger partial charge in [0.2, 0.25) is 0 Å². The molecule has 1 N–H and O–H groups in total. The van der Waals surface area contributed by atoms with Crippen LogP contribution in [0, 0.1) is 5.82 Å². The Morgan fingerprint density at radius 2 is 1.44 bits per heavy atom. The van der Waals surface area contributed by atoms with E-state index in [1.54, 1.807) is 12.1 Å². The first-order valence-electron chi connectivity index (χ1n) is 11.1. The van der Waals surface area contributed by atoms with Gasteiger partial charge in [-0.15, -0.1) is 0 Å². The minimum Gasteiger partial charge on any atom is -0.360 e. The van der Waals surface area contributed by atoms with Gasteiger partial charge >= 0.3 is 0 Å². The Labute approximate surface area is 196 Å². The van der Waals surface area contributed by atoms with E-state index in [0.29, 0.717) is 31.7 Å². The number of halogens is 1. The average Bonchev–Trinajstić information content (AvgIpc) is 3.33. The van der Waals surface area contributed by atoms with Crippen molar-refractivity contribution >= 4 is 34.1 Å². The van der Waals surface area contributed by atoms with Gasteiger partial charge in [0.05, 0.1) is 11.3 Å². The number of hydrogen-bond donors (Lipinski definition) is 1. The van der Waals surface area contributed by atoms with Crippen molar-refractivity contribution < 1.29 is 14.0 Å². The molecule has 1 saturated heterocycles. The van der Waals surface area contributed by atoms with Gasteiger partial charge in [-0.2, -0.15) is 0 Å². The summed E-state index contributed by atoms with van der Waals surface area (Å²) >= 11 is 0. The van der Waals surface area contributed by atoms with Gasteiger partial charge in [-0.05, 0) is 24.3 Å². The van der Waals surface area contributed by atoms with Gasteiger partial charge in [-0.25, -0.2) is 9.38 Å². The van der Waals surface area contributed by atoms with Gasteiger partial charge in [-0.3, -0.25) is 9.59 Å². The lowest BCUT2D eigenvalue weighted by Crippen LogP contribution is -2.52. The van der Waals surface area contributed by atoms with Crippen molar-refractivity contribution in [1.82, 2.24) is 14.8 Å². The summed E-state index contributed by atoms with van der Waals surface area (Å²) in [5, 5.41) is 0.154. The quantitative estimate of drug-likeness (QED) is 0.215. The van der Waals surface area contributed by atoms with Gasteiger partial charge in [0.15, 0.2) is 0 Å². The Morgan fingerprint density at radius 3 is 2.15 bits per heavy atom. The highest BCUT2D eigenvalue weighted by atomic mass is 19.1.